The Kier molecular flexibility index (Phi) is 6.90. The molecule has 0 saturated carbocycles. The number of carbonyl (C=O) groups excluding carboxylic acids is 1. The predicted molar refractivity (Wildman–Crippen MR) is 115 cm³/mol. The molecule has 0 atom stereocenters. The van der Waals surface area contributed by atoms with Crippen LogP contribution in [0.4, 0.5) is 0 Å². The standard InChI is InChI=1S/C21H24N2O6S2/c1-14(2)19(24)29-16-8-12-18(13-9-16)31(27,28)20(23-22)30(25,26)17-10-6-15(7-11-17)21(3,4)5/h6-14H,1-5H3. The molecule has 0 spiro atoms. The second kappa shape index (κ2) is 8.74. The Morgan fingerprint density at radius 2 is 1.29 bits per heavy atom. The highest BCUT2D eigenvalue weighted by atomic mass is 32.3. The Hall–Kier alpha value is -2.81. The van der Waals surface area contributed by atoms with Crippen LogP contribution in [0.1, 0.15) is 40.2 Å². The third-order valence-corrected chi connectivity index (χ3v) is 8.58. The smallest absolute Gasteiger partial charge is 0.426 e. The summed E-state index contributed by atoms with van der Waals surface area (Å²) in [7, 11) is -9.32. The van der Waals surface area contributed by atoms with Gasteiger partial charge in [0.2, 0.25) is 0 Å². The second-order valence-corrected chi connectivity index (χ2v) is 12.2. The lowest BCUT2D eigenvalue weighted by molar-refractivity contribution is -0.137. The lowest BCUT2D eigenvalue weighted by Crippen LogP contribution is -2.26. The van der Waals surface area contributed by atoms with Gasteiger partial charge in [-0.1, -0.05) is 46.8 Å². The van der Waals surface area contributed by atoms with E-state index in [2.05, 4.69) is 4.79 Å². The zero-order valence-electron chi connectivity index (χ0n) is 17.9. The summed E-state index contributed by atoms with van der Waals surface area (Å²) < 4.78 is 55.2. The summed E-state index contributed by atoms with van der Waals surface area (Å²) in [5.41, 5.74) is 9.92. The molecular formula is C21H24N2O6S2. The van der Waals surface area contributed by atoms with E-state index in [0.717, 1.165) is 17.7 Å². The topological polar surface area (TPSA) is 131 Å². The van der Waals surface area contributed by atoms with Crippen LogP contribution in [0.15, 0.2) is 58.3 Å². The molecule has 0 heterocycles. The van der Waals surface area contributed by atoms with Gasteiger partial charge in [0, 0.05) is 0 Å². The molecule has 0 aliphatic rings. The molecule has 2 rings (SSSR count). The molecule has 10 heteroatoms. The van der Waals surface area contributed by atoms with E-state index in [1.807, 2.05) is 20.8 Å². The van der Waals surface area contributed by atoms with Gasteiger partial charge < -0.3 is 10.3 Å². The molecule has 0 saturated heterocycles. The van der Waals surface area contributed by atoms with Crippen LogP contribution in [0.2, 0.25) is 0 Å². The largest absolute Gasteiger partial charge is 0.504 e. The van der Waals surface area contributed by atoms with E-state index in [4.69, 9.17) is 4.74 Å². The van der Waals surface area contributed by atoms with E-state index in [1.165, 1.54) is 24.3 Å². The molecule has 0 radical (unpaired) electrons. The van der Waals surface area contributed by atoms with Gasteiger partial charge in [0.15, 0.2) is 0 Å². The summed E-state index contributed by atoms with van der Waals surface area (Å²) in [5.74, 6) is -0.790. The molecule has 8 nitrogen and oxygen atoms in total. The second-order valence-electron chi connectivity index (χ2n) is 8.19. The van der Waals surface area contributed by atoms with Crippen LogP contribution in [-0.4, -0.2) is 32.0 Å². The van der Waals surface area contributed by atoms with Crippen molar-refractivity contribution in [2.24, 2.45) is 5.92 Å². The Morgan fingerprint density at radius 3 is 1.65 bits per heavy atom. The van der Waals surface area contributed by atoms with Gasteiger partial charge in [-0.05, 0) is 47.4 Å². The van der Waals surface area contributed by atoms with Gasteiger partial charge in [-0.25, -0.2) is 16.8 Å². The molecule has 0 aliphatic carbocycles. The lowest BCUT2D eigenvalue weighted by Gasteiger charge is -2.18. The first kappa shape index (κ1) is 24.5. The van der Waals surface area contributed by atoms with Crippen molar-refractivity contribution in [3.05, 3.63) is 59.6 Å². The Labute approximate surface area is 182 Å². The number of esters is 1. The third-order valence-electron chi connectivity index (χ3n) is 4.40. The number of hydrogen-bond acceptors (Lipinski definition) is 6. The highest BCUT2D eigenvalue weighted by Crippen LogP contribution is 2.26. The minimum Gasteiger partial charge on any atom is -0.426 e. The first-order valence-corrected chi connectivity index (χ1v) is 12.3. The molecule has 0 aliphatic heterocycles. The van der Waals surface area contributed by atoms with Crippen LogP contribution in [-0.2, 0) is 29.9 Å². The monoisotopic (exact) mass is 464 g/mol. The fraction of sp³-hybridized carbons (Fsp3) is 0.333. The van der Waals surface area contributed by atoms with Gasteiger partial charge in [-0.2, -0.15) is 0 Å². The zero-order chi connectivity index (χ0) is 23.6. The zero-order valence-corrected chi connectivity index (χ0v) is 19.5. The van der Waals surface area contributed by atoms with E-state index in [0.29, 0.717) is 0 Å². The van der Waals surface area contributed by atoms with Crippen molar-refractivity contribution in [1.29, 1.82) is 0 Å². The maximum atomic E-state index is 12.9. The highest BCUT2D eigenvalue weighted by molar-refractivity contribution is 8.31. The number of sulfone groups is 2. The lowest BCUT2D eigenvalue weighted by atomic mass is 9.87. The fourth-order valence-corrected chi connectivity index (χ4v) is 5.85. The number of benzene rings is 2. The van der Waals surface area contributed by atoms with Crippen LogP contribution >= 0.6 is 0 Å². The van der Waals surface area contributed by atoms with Crippen molar-refractivity contribution in [3.8, 4) is 5.75 Å². The highest BCUT2D eigenvalue weighted by Gasteiger charge is 2.44. The van der Waals surface area contributed by atoms with Gasteiger partial charge in [0.25, 0.3) is 19.7 Å². The summed E-state index contributed by atoms with van der Waals surface area (Å²) in [4.78, 5) is 13.5. The normalized spacial score (nSPS) is 12.3. The van der Waals surface area contributed by atoms with Crippen LogP contribution in [0.5, 0.6) is 5.75 Å². The number of ether oxygens (including phenoxy) is 1. The van der Waals surface area contributed by atoms with Crippen molar-refractivity contribution in [1.82, 2.24) is 0 Å². The van der Waals surface area contributed by atoms with Crippen molar-refractivity contribution in [2.45, 2.75) is 49.8 Å². The molecule has 0 amide bonds. The SMILES string of the molecule is CC(C)C(=O)Oc1ccc(S(=O)(=O)C(=[N+]=[N-])S(=O)(=O)c2ccc(C(C)(C)C)cc2)cc1. The van der Waals surface area contributed by atoms with E-state index < -0.39 is 34.9 Å². The van der Waals surface area contributed by atoms with Crippen molar-refractivity contribution < 1.29 is 31.2 Å². The Bertz CT molecular complexity index is 1230. The minimum atomic E-state index is -4.69. The molecule has 31 heavy (non-hydrogen) atoms. The summed E-state index contributed by atoms with van der Waals surface area (Å²) >= 11 is 0. The maximum absolute atomic E-state index is 12.9. The van der Waals surface area contributed by atoms with Gasteiger partial charge in [-0.15, -0.1) is 4.79 Å². The molecule has 0 unspecified atom stereocenters. The van der Waals surface area contributed by atoms with Crippen LogP contribution in [0, 0.1) is 5.92 Å². The Morgan fingerprint density at radius 1 is 0.871 bits per heavy atom. The Balaban J connectivity index is 2.42. The van der Waals surface area contributed by atoms with E-state index in [-0.39, 0.29) is 22.0 Å². The van der Waals surface area contributed by atoms with E-state index in [1.54, 1.807) is 26.0 Å². The number of rotatable bonds is 4. The first-order chi connectivity index (χ1) is 14.2. The molecule has 166 valence electrons. The molecule has 0 N–H and O–H groups in total. The molecule has 2 aromatic rings. The summed E-state index contributed by atoms with van der Waals surface area (Å²) in [6, 6.07) is 10.3. The molecule has 0 fully saturated rings. The molecule has 2 aromatic carbocycles. The quantitative estimate of drug-likeness (QED) is 0.170. The maximum Gasteiger partial charge on any atom is 0.504 e. The van der Waals surface area contributed by atoms with Crippen molar-refractivity contribution in [3.63, 3.8) is 0 Å². The fourth-order valence-electron chi connectivity index (χ4n) is 2.51. The minimum absolute atomic E-state index is 0.0979. The van der Waals surface area contributed by atoms with Crippen LogP contribution in [0.25, 0.3) is 5.53 Å². The third kappa shape index (κ3) is 5.28. The summed E-state index contributed by atoms with van der Waals surface area (Å²) in [6.07, 6.45) is 0. The number of hydrogen-bond donors (Lipinski definition) is 0. The molecule has 0 bridgehead atoms. The van der Waals surface area contributed by atoms with Crippen LogP contribution < -0.4 is 4.74 Å². The van der Waals surface area contributed by atoms with E-state index >= 15 is 0 Å². The average Bonchev–Trinajstić information content (AvgIpc) is 2.67. The summed E-state index contributed by atoms with van der Waals surface area (Å²) in [5, 5.41) is 0. The predicted octanol–water partition coefficient (Wildman–Crippen LogP) is 3.38. The van der Waals surface area contributed by atoms with Crippen LogP contribution in [0.3, 0.4) is 0 Å². The molecular weight excluding hydrogens is 440 g/mol. The first-order valence-electron chi connectivity index (χ1n) is 9.36. The van der Waals surface area contributed by atoms with Gasteiger partial charge >= 0.3 is 10.3 Å². The number of nitrogens with zero attached hydrogens (tertiary/aromatic N) is 2. The van der Waals surface area contributed by atoms with Gasteiger partial charge in [0.1, 0.15) is 5.75 Å². The van der Waals surface area contributed by atoms with Gasteiger partial charge in [-0.3, -0.25) is 4.79 Å². The number of carbonyl (C=O) groups is 1. The summed E-state index contributed by atoms with van der Waals surface area (Å²) in [6.45, 7) is 9.13. The van der Waals surface area contributed by atoms with Gasteiger partial charge in [0.05, 0.1) is 15.7 Å². The van der Waals surface area contributed by atoms with Crippen molar-refractivity contribution in [2.75, 3.05) is 0 Å². The van der Waals surface area contributed by atoms with E-state index in [9.17, 15) is 27.2 Å². The average molecular weight is 465 g/mol. The molecule has 0 aromatic heterocycles. The van der Waals surface area contributed by atoms with Crippen molar-refractivity contribution >= 4 is 30.0 Å².